The number of benzene rings is 1. The summed E-state index contributed by atoms with van der Waals surface area (Å²) < 4.78 is 33.0. The van der Waals surface area contributed by atoms with Gasteiger partial charge in [-0.05, 0) is 58.2 Å². The van der Waals surface area contributed by atoms with Gasteiger partial charge >= 0.3 is 6.09 Å². The molecule has 1 aliphatic heterocycles. The number of nitrogens with one attached hydrogen (secondary N) is 2. The van der Waals surface area contributed by atoms with Crippen molar-refractivity contribution in [2.45, 2.75) is 57.1 Å². The summed E-state index contributed by atoms with van der Waals surface area (Å²) in [5.74, 6) is -0.293. The molecule has 1 saturated heterocycles. The summed E-state index contributed by atoms with van der Waals surface area (Å²) in [5.41, 5.74) is 0.568. The third-order valence-corrected chi connectivity index (χ3v) is 6.92. The maximum atomic E-state index is 12.7. The molecule has 2 fully saturated rings. The average Bonchev–Trinajstić information content (AvgIpc) is 3.50. The lowest BCUT2D eigenvalue weighted by Crippen LogP contribution is -2.51. The van der Waals surface area contributed by atoms with Crippen molar-refractivity contribution in [2.24, 2.45) is 0 Å². The van der Waals surface area contributed by atoms with Crippen molar-refractivity contribution >= 4 is 22.0 Å². The predicted molar refractivity (Wildman–Crippen MR) is 121 cm³/mol. The standard InChI is InChI=1S/C22H34N4O5S/c1-16-5-8-18(32(29,30)24-17-6-7-17)15-19(16)20(27)23-9-10-25-11-13-26(14-12-25)21(28)31-22(2,3)4/h5,8,15,17,24H,6-7,9-14H2,1-4H3,(H,23,27). The Bertz CT molecular complexity index is 946. The van der Waals surface area contributed by atoms with E-state index in [-0.39, 0.29) is 22.9 Å². The Hall–Kier alpha value is -2.17. The molecule has 0 radical (unpaired) electrons. The molecule has 3 rings (SSSR count). The highest BCUT2D eigenvalue weighted by molar-refractivity contribution is 7.89. The SMILES string of the molecule is Cc1ccc(S(=O)(=O)NC2CC2)cc1C(=O)NCCN1CCN(C(=O)OC(C)(C)C)CC1. The highest BCUT2D eigenvalue weighted by Crippen LogP contribution is 2.23. The first-order valence-corrected chi connectivity index (χ1v) is 12.5. The van der Waals surface area contributed by atoms with E-state index in [1.54, 1.807) is 17.9 Å². The van der Waals surface area contributed by atoms with E-state index in [0.717, 1.165) is 18.4 Å². The van der Waals surface area contributed by atoms with Crippen LogP contribution in [0.1, 0.15) is 49.5 Å². The first-order valence-electron chi connectivity index (χ1n) is 11.1. The zero-order valence-corrected chi connectivity index (χ0v) is 20.1. The highest BCUT2D eigenvalue weighted by atomic mass is 32.2. The monoisotopic (exact) mass is 466 g/mol. The minimum Gasteiger partial charge on any atom is -0.444 e. The first kappa shape index (κ1) is 24.5. The summed E-state index contributed by atoms with van der Waals surface area (Å²) in [6.45, 7) is 11.0. The Morgan fingerprint density at radius 3 is 2.38 bits per heavy atom. The molecule has 0 spiro atoms. The van der Waals surface area contributed by atoms with E-state index in [1.807, 2.05) is 20.8 Å². The summed E-state index contributed by atoms with van der Waals surface area (Å²) in [7, 11) is -3.61. The van der Waals surface area contributed by atoms with Gasteiger partial charge in [-0.1, -0.05) is 6.07 Å². The van der Waals surface area contributed by atoms with Crippen LogP contribution < -0.4 is 10.0 Å². The van der Waals surface area contributed by atoms with Crippen molar-refractivity contribution in [3.8, 4) is 0 Å². The van der Waals surface area contributed by atoms with E-state index < -0.39 is 15.6 Å². The molecule has 1 aromatic carbocycles. The van der Waals surface area contributed by atoms with Gasteiger partial charge in [-0.25, -0.2) is 17.9 Å². The van der Waals surface area contributed by atoms with Crippen molar-refractivity contribution in [3.05, 3.63) is 29.3 Å². The summed E-state index contributed by atoms with van der Waals surface area (Å²) in [6.07, 6.45) is 1.40. The minimum absolute atomic E-state index is 0.00867. The van der Waals surface area contributed by atoms with Crippen LogP contribution in [-0.2, 0) is 14.8 Å². The van der Waals surface area contributed by atoms with Gasteiger partial charge in [-0.2, -0.15) is 0 Å². The first-order chi connectivity index (χ1) is 14.9. The van der Waals surface area contributed by atoms with Crippen molar-refractivity contribution in [1.82, 2.24) is 19.8 Å². The van der Waals surface area contributed by atoms with Crippen LogP contribution in [0.3, 0.4) is 0 Å². The van der Waals surface area contributed by atoms with Crippen molar-refractivity contribution in [2.75, 3.05) is 39.3 Å². The number of hydrogen-bond donors (Lipinski definition) is 2. The molecule has 0 bridgehead atoms. The molecule has 178 valence electrons. The summed E-state index contributed by atoms with van der Waals surface area (Å²) in [4.78, 5) is 28.8. The predicted octanol–water partition coefficient (Wildman–Crippen LogP) is 1.72. The van der Waals surface area contributed by atoms with Crippen LogP contribution in [0, 0.1) is 6.92 Å². The van der Waals surface area contributed by atoms with Crippen molar-refractivity contribution < 1.29 is 22.7 Å². The lowest BCUT2D eigenvalue weighted by Gasteiger charge is -2.35. The fourth-order valence-corrected chi connectivity index (χ4v) is 4.74. The summed E-state index contributed by atoms with van der Waals surface area (Å²) in [5, 5.41) is 2.88. The molecule has 1 heterocycles. The van der Waals surface area contributed by atoms with Gasteiger partial charge in [0, 0.05) is 50.9 Å². The van der Waals surface area contributed by atoms with Gasteiger partial charge in [-0.15, -0.1) is 0 Å². The molecule has 0 unspecified atom stereocenters. The van der Waals surface area contributed by atoms with Crippen LogP contribution in [0.2, 0.25) is 0 Å². The van der Waals surface area contributed by atoms with Gasteiger partial charge < -0.3 is 15.0 Å². The largest absolute Gasteiger partial charge is 0.444 e. The van der Waals surface area contributed by atoms with Crippen LogP contribution in [-0.4, -0.2) is 81.1 Å². The zero-order valence-electron chi connectivity index (χ0n) is 19.3. The van der Waals surface area contributed by atoms with Crippen LogP contribution >= 0.6 is 0 Å². The number of hydrogen-bond acceptors (Lipinski definition) is 6. The normalized spacial score (nSPS) is 17.8. The molecule has 1 aliphatic carbocycles. The summed E-state index contributed by atoms with van der Waals surface area (Å²) in [6, 6.07) is 4.64. The number of carbonyl (C=O) groups is 2. The van der Waals surface area contributed by atoms with Crippen molar-refractivity contribution in [1.29, 1.82) is 0 Å². The van der Waals surface area contributed by atoms with E-state index >= 15 is 0 Å². The van der Waals surface area contributed by atoms with Crippen LogP contribution in [0.15, 0.2) is 23.1 Å². The average molecular weight is 467 g/mol. The van der Waals surface area contributed by atoms with E-state index in [4.69, 9.17) is 4.74 Å². The van der Waals surface area contributed by atoms with Gasteiger partial charge in [0.05, 0.1) is 4.90 Å². The van der Waals surface area contributed by atoms with Gasteiger partial charge in [-0.3, -0.25) is 9.69 Å². The quantitative estimate of drug-likeness (QED) is 0.634. The summed E-state index contributed by atoms with van der Waals surface area (Å²) >= 11 is 0. The molecule has 0 atom stereocenters. The number of ether oxygens (including phenoxy) is 1. The molecule has 2 aliphatic rings. The number of nitrogens with zero attached hydrogens (tertiary/aromatic N) is 2. The molecule has 9 nitrogen and oxygen atoms in total. The zero-order chi connectivity index (χ0) is 23.5. The van der Waals surface area contributed by atoms with Gasteiger partial charge in [0.2, 0.25) is 10.0 Å². The second kappa shape index (κ2) is 9.76. The highest BCUT2D eigenvalue weighted by Gasteiger charge is 2.29. The Morgan fingerprint density at radius 2 is 1.78 bits per heavy atom. The lowest BCUT2D eigenvalue weighted by molar-refractivity contribution is 0.0147. The Kier molecular flexibility index (Phi) is 7.46. The van der Waals surface area contributed by atoms with E-state index in [0.29, 0.717) is 44.8 Å². The van der Waals surface area contributed by atoms with Crippen LogP contribution in [0.4, 0.5) is 4.79 Å². The van der Waals surface area contributed by atoms with E-state index in [9.17, 15) is 18.0 Å². The molecule has 0 aromatic heterocycles. The van der Waals surface area contributed by atoms with Crippen LogP contribution in [0.25, 0.3) is 0 Å². The van der Waals surface area contributed by atoms with E-state index in [1.165, 1.54) is 12.1 Å². The minimum atomic E-state index is -3.61. The number of carbonyl (C=O) groups excluding carboxylic acids is 2. The van der Waals surface area contributed by atoms with Gasteiger partial charge in [0.15, 0.2) is 0 Å². The lowest BCUT2D eigenvalue weighted by atomic mass is 10.1. The molecule has 2 amide bonds. The number of aryl methyl sites for hydroxylation is 1. The van der Waals surface area contributed by atoms with Crippen molar-refractivity contribution in [3.63, 3.8) is 0 Å². The second-order valence-electron chi connectivity index (χ2n) is 9.44. The fourth-order valence-electron chi connectivity index (χ4n) is 3.40. The number of piperazine rings is 1. The molecular formula is C22H34N4O5S. The molecule has 32 heavy (non-hydrogen) atoms. The molecule has 2 N–H and O–H groups in total. The third-order valence-electron chi connectivity index (χ3n) is 5.40. The fraction of sp³-hybridized carbons (Fsp3) is 0.636. The molecule has 1 aromatic rings. The number of sulfonamides is 1. The third kappa shape index (κ3) is 6.91. The Morgan fingerprint density at radius 1 is 1.12 bits per heavy atom. The van der Waals surface area contributed by atoms with Crippen LogP contribution in [0.5, 0.6) is 0 Å². The molecule has 1 saturated carbocycles. The van der Waals surface area contributed by atoms with E-state index in [2.05, 4.69) is 14.9 Å². The molecular weight excluding hydrogens is 432 g/mol. The Labute approximate surface area is 190 Å². The second-order valence-corrected chi connectivity index (χ2v) is 11.2. The number of rotatable bonds is 7. The van der Waals surface area contributed by atoms with Gasteiger partial charge in [0.25, 0.3) is 5.91 Å². The maximum Gasteiger partial charge on any atom is 0.410 e. The smallest absolute Gasteiger partial charge is 0.410 e. The topological polar surface area (TPSA) is 108 Å². The van der Waals surface area contributed by atoms with Gasteiger partial charge in [0.1, 0.15) is 5.60 Å². The molecule has 10 heteroatoms. The maximum absolute atomic E-state index is 12.7. The Balaban J connectivity index is 1.47. The number of amides is 2.